The van der Waals surface area contributed by atoms with E-state index < -0.39 is 4.92 Å². The first-order chi connectivity index (χ1) is 9.97. The molecular weight excluding hydrogens is 403 g/mol. The van der Waals surface area contributed by atoms with E-state index >= 15 is 0 Å². The SMILES string of the molecule is CC(Cc1ccsc1)NC(=O)c1cc([N+](=O)[O-])ccc1I. The van der Waals surface area contributed by atoms with E-state index in [1.165, 1.54) is 17.7 Å². The van der Waals surface area contributed by atoms with E-state index in [1.807, 2.05) is 46.3 Å². The minimum atomic E-state index is -0.498. The van der Waals surface area contributed by atoms with Crippen molar-refractivity contribution in [1.82, 2.24) is 5.32 Å². The topological polar surface area (TPSA) is 72.2 Å². The average Bonchev–Trinajstić information content (AvgIpc) is 2.91. The van der Waals surface area contributed by atoms with Gasteiger partial charge in [0.25, 0.3) is 11.6 Å². The van der Waals surface area contributed by atoms with Crippen LogP contribution in [-0.2, 0) is 6.42 Å². The van der Waals surface area contributed by atoms with Crippen molar-refractivity contribution in [3.8, 4) is 0 Å². The van der Waals surface area contributed by atoms with Crippen LogP contribution < -0.4 is 5.32 Å². The third kappa shape index (κ3) is 4.24. The van der Waals surface area contributed by atoms with Crippen LogP contribution in [-0.4, -0.2) is 16.9 Å². The van der Waals surface area contributed by atoms with Crippen molar-refractivity contribution in [3.63, 3.8) is 0 Å². The van der Waals surface area contributed by atoms with Crippen LogP contribution in [0.4, 0.5) is 5.69 Å². The predicted molar refractivity (Wildman–Crippen MR) is 90.8 cm³/mol. The Morgan fingerprint density at radius 2 is 2.24 bits per heavy atom. The number of amides is 1. The third-order valence-corrected chi connectivity index (χ3v) is 4.58. The van der Waals surface area contributed by atoms with Gasteiger partial charge in [0.05, 0.1) is 10.5 Å². The highest BCUT2D eigenvalue weighted by atomic mass is 127. The summed E-state index contributed by atoms with van der Waals surface area (Å²) in [5.74, 6) is -0.286. The highest BCUT2D eigenvalue weighted by Crippen LogP contribution is 2.20. The fraction of sp³-hybridized carbons (Fsp3) is 0.214. The Bertz CT molecular complexity index is 658. The maximum absolute atomic E-state index is 12.2. The molecule has 21 heavy (non-hydrogen) atoms. The molecule has 1 amide bonds. The van der Waals surface area contributed by atoms with Gasteiger partial charge < -0.3 is 5.32 Å². The number of nitrogens with zero attached hydrogens (tertiary/aromatic N) is 1. The normalized spacial score (nSPS) is 11.9. The van der Waals surface area contributed by atoms with Crippen molar-refractivity contribution < 1.29 is 9.72 Å². The number of rotatable bonds is 5. The van der Waals surface area contributed by atoms with E-state index in [9.17, 15) is 14.9 Å². The number of carbonyl (C=O) groups is 1. The van der Waals surface area contributed by atoms with Crippen molar-refractivity contribution in [1.29, 1.82) is 0 Å². The number of carbonyl (C=O) groups excluding carboxylic acids is 1. The molecule has 5 nitrogen and oxygen atoms in total. The second-order valence-electron chi connectivity index (χ2n) is 4.63. The van der Waals surface area contributed by atoms with Gasteiger partial charge in [-0.1, -0.05) is 0 Å². The number of non-ortho nitro benzene ring substituents is 1. The first-order valence-electron chi connectivity index (χ1n) is 6.23. The van der Waals surface area contributed by atoms with Gasteiger partial charge in [0.1, 0.15) is 0 Å². The molecule has 0 radical (unpaired) electrons. The second-order valence-corrected chi connectivity index (χ2v) is 6.57. The quantitative estimate of drug-likeness (QED) is 0.460. The van der Waals surface area contributed by atoms with Crippen molar-refractivity contribution in [2.24, 2.45) is 0 Å². The molecule has 110 valence electrons. The molecule has 0 bridgehead atoms. The number of nitro benzene ring substituents is 1. The Kier molecular flexibility index (Phi) is 5.29. The van der Waals surface area contributed by atoms with Crippen LogP contribution in [0.3, 0.4) is 0 Å². The summed E-state index contributed by atoms with van der Waals surface area (Å²) in [7, 11) is 0. The van der Waals surface area contributed by atoms with Crippen LogP contribution in [0.2, 0.25) is 0 Å². The van der Waals surface area contributed by atoms with Gasteiger partial charge in [-0.05, 0) is 64.4 Å². The molecule has 0 fully saturated rings. The van der Waals surface area contributed by atoms with Gasteiger partial charge in [-0.15, -0.1) is 0 Å². The molecule has 0 saturated carbocycles. The summed E-state index contributed by atoms with van der Waals surface area (Å²) in [5, 5.41) is 17.7. The second kappa shape index (κ2) is 6.99. The van der Waals surface area contributed by atoms with Gasteiger partial charge in [-0.2, -0.15) is 11.3 Å². The number of hydrogen-bond acceptors (Lipinski definition) is 4. The zero-order valence-corrected chi connectivity index (χ0v) is 14.2. The molecule has 1 N–H and O–H groups in total. The van der Waals surface area contributed by atoms with Crippen LogP contribution in [0, 0.1) is 13.7 Å². The lowest BCUT2D eigenvalue weighted by atomic mass is 10.1. The lowest BCUT2D eigenvalue weighted by molar-refractivity contribution is -0.384. The number of hydrogen-bond donors (Lipinski definition) is 1. The molecule has 0 spiro atoms. The Hall–Kier alpha value is -1.48. The zero-order valence-electron chi connectivity index (χ0n) is 11.2. The van der Waals surface area contributed by atoms with Gasteiger partial charge in [0, 0.05) is 21.7 Å². The summed E-state index contributed by atoms with van der Waals surface area (Å²) < 4.78 is 0.693. The first kappa shape index (κ1) is 15.9. The number of halogens is 1. The predicted octanol–water partition coefficient (Wildman–Crippen LogP) is 3.62. The fourth-order valence-electron chi connectivity index (χ4n) is 1.92. The van der Waals surface area contributed by atoms with Gasteiger partial charge in [0.2, 0.25) is 0 Å². The van der Waals surface area contributed by atoms with Gasteiger partial charge in [-0.3, -0.25) is 14.9 Å². The molecule has 1 unspecified atom stereocenters. The van der Waals surface area contributed by atoms with Crippen molar-refractivity contribution >= 4 is 45.5 Å². The monoisotopic (exact) mass is 416 g/mol. The number of thiophene rings is 1. The molecule has 0 aliphatic carbocycles. The largest absolute Gasteiger partial charge is 0.349 e. The van der Waals surface area contributed by atoms with E-state index in [0.717, 1.165) is 6.42 Å². The molecule has 0 aliphatic rings. The lowest BCUT2D eigenvalue weighted by Crippen LogP contribution is -2.34. The van der Waals surface area contributed by atoms with E-state index in [1.54, 1.807) is 17.4 Å². The van der Waals surface area contributed by atoms with E-state index in [4.69, 9.17) is 0 Å². The highest BCUT2D eigenvalue weighted by Gasteiger charge is 2.17. The molecule has 0 saturated heterocycles. The Labute approximate surface area is 139 Å². The van der Waals surface area contributed by atoms with Gasteiger partial charge >= 0.3 is 0 Å². The van der Waals surface area contributed by atoms with Gasteiger partial charge in [0.15, 0.2) is 0 Å². The molecule has 7 heteroatoms. The maximum atomic E-state index is 12.2. The number of nitro groups is 1. The van der Waals surface area contributed by atoms with Crippen LogP contribution in [0.15, 0.2) is 35.0 Å². The summed E-state index contributed by atoms with van der Waals surface area (Å²) in [6, 6.07) is 6.27. The average molecular weight is 416 g/mol. The van der Waals surface area contributed by atoms with Crippen LogP contribution >= 0.6 is 33.9 Å². The summed E-state index contributed by atoms with van der Waals surface area (Å²) in [6.07, 6.45) is 0.737. The fourth-order valence-corrected chi connectivity index (χ4v) is 3.18. The zero-order chi connectivity index (χ0) is 15.4. The summed E-state index contributed by atoms with van der Waals surface area (Å²) >= 11 is 3.62. The summed E-state index contributed by atoms with van der Waals surface area (Å²) in [6.45, 7) is 1.92. The summed E-state index contributed by atoms with van der Waals surface area (Å²) in [5.41, 5.74) is 1.43. The molecule has 1 aromatic carbocycles. The highest BCUT2D eigenvalue weighted by molar-refractivity contribution is 14.1. The Morgan fingerprint density at radius 1 is 1.48 bits per heavy atom. The third-order valence-electron chi connectivity index (χ3n) is 2.90. The van der Waals surface area contributed by atoms with Crippen molar-refractivity contribution in [2.45, 2.75) is 19.4 Å². The molecule has 2 rings (SSSR count). The Morgan fingerprint density at radius 3 is 2.86 bits per heavy atom. The smallest absolute Gasteiger partial charge is 0.270 e. The molecule has 1 atom stereocenters. The van der Waals surface area contributed by atoms with E-state index in [-0.39, 0.29) is 17.6 Å². The minimum absolute atomic E-state index is 0.0397. The molecule has 0 aliphatic heterocycles. The van der Waals surface area contributed by atoms with Gasteiger partial charge in [-0.25, -0.2) is 0 Å². The van der Waals surface area contributed by atoms with E-state index in [0.29, 0.717) is 9.13 Å². The molecular formula is C14H13IN2O3S. The summed E-state index contributed by atoms with van der Waals surface area (Å²) in [4.78, 5) is 22.5. The lowest BCUT2D eigenvalue weighted by Gasteiger charge is -2.14. The van der Waals surface area contributed by atoms with Crippen LogP contribution in [0.5, 0.6) is 0 Å². The standard InChI is InChI=1S/C14H13IN2O3S/c1-9(6-10-4-5-21-8-10)16-14(18)12-7-11(17(19)20)2-3-13(12)15/h2-5,7-9H,6H2,1H3,(H,16,18). The van der Waals surface area contributed by atoms with Crippen LogP contribution in [0.1, 0.15) is 22.8 Å². The molecule has 1 heterocycles. The molecule has 1 aromatic heterocycles. The van der Waals surface area contributed by atoms with E-state index in [2.05, 4.69) is 5.32 Å². The van der Waals surface area contributed by atoms with Crippen LogP contribution in [0.25, 0.3) is 0 Å². The number of benzene rings is 1. The maximum Gasteiger partial charge on any atom is 0.270 e. The minimum Gasteiger partial charge on any atom is -0.349 e. The van der Waals surface area contributed by atoms with Crippen molar-refractivity contribution in [2.75, 3.05) is 0 Å². The van der Waals surface area contributed by atoms with Crippen molar-refractivity contribution in [3.05, 3.63) is 59.8 Å². The Balaban J connectivity index is 2.09. The number of nitrogens with one attached hydrogen (secondary N) is 1. The molecule has 2 aromatic rings. The first-order valence-corrected chi connectivity index (χ1v) is 8.25.